The first-order chi connectivity index (χ1) is 17.1. The van der Waals surface area contributed by atoms with Gasteiger partial charge in [-0.2, -0.15) is 0 Å². The largest absolute Gasteiger partial charge is 0.497 e. The van der Waals surface area contributed by atoms with E-state index in [0.717, 1.165) is 28.9 Å². The molecule has 35 heavy (non-hydrogen) atoms. The van der Waals surface area contributed by atoms with E-state index in [1.165, 1.54) is 0 Å². The van der Waals surface area contributed by atoms with Crippen molar-refractivity contribution in [2.24, 2.45) is 0 Å². The normalized spacial score (nSPS) is 17.3. The van der Waals surface area contributed by atoms with Crippen molar-refractivity contribution in [1.82, 2.24) is 10.2 Å². The zero-order valence-electron chi connectivity index (χ0n) is 19.8. The van der Waals surface area contributed by atoms with E-state index in [-0.39, 0.29) is 19.3 Å². The molecule has 0 radical (unpaired) electrons. The Labute approximate surface area is 205 Å². The number of methoxy groups -OCH3 is 1. The van der Waals surface area contributed by atoms with Gasteiger partial charge < -0.3 is 19.5 Å². The minimum atomic E-state index is -0.517. The fraction of sp³-hybridized carbons (Fsp3) is 0.286. The Morgan fingerprint density at radius 3 is 2.06 bits per heavy atom. The average molecular weight is 475 g/mol. The number of ether oxygens (including phenoxy) is 3. The number of alkyl carbamates (subject to hydrolysis) is 1. The van der Waals surface area contributed by atoms with E-state index in [9.17, 15) is 9.59 Å². The molecule has 7 heteroatoms. The fourth-order valence-corrected chi connectivity index (χ4v) is 4.28. The number of carbonyl (C=O) groups is 2. The lowest BCUT2D eigenvalue weighted by atomic mass is 9.90. The predicted molar refractivity (Wildman–Crippen MR) is 132 cm³/mol. The van der Waals surface area contributed by atoms with Crippen LogP contribution in [0.3, 0.4) is 0 Å². The smallest absolute Gasteiger partial charge is 0.410 e. The Bertz CT molecular complexity index is 1090. The van der Waals surface area contributed by atoms with E-state index in [1.807, 2.05) is 84.9 Å². The first kappa shape index (κ1) is 24.1. The van der Waals surface area contributed by atoms with Crippen molar-refractivity contribution in [3.05, 3.63) is 102 Å². The predicted octanol–water partition coefficient (Wildman–Crippen LogP) is 5.46. The van der Waals surface area contributed by atoms with Crippen LogP contribution in [0.4, 0.5) is 9.59 Å². The summed E-state index contributed by atoms with van der Waals surface area (Å²) >= 11 is 0. The summed E-state index contributed by atoms with van der Waals surface area (Å²) in [7, 11) is 1.61. The molecular weight excluding hydrogens is 444 g/mol. The summed E-state index contributed by atoms with van der Waals surface area (Å²) in [6, 6.07) is 25.9. The molecule has 4 rings (SSSR count). The Morgan fingerprint density at radius 2 is 1.46 bits per heavy atom. The zero-order valence-corrected chi connectivity index (χ0v) is 19.8. The number of amides is 2. The summed E-state index contributed by atoms with van der Waals surface area (Å²) in [6.45, 7) is 0.889. The molecule has 2 atom stereocenters. The molecule has 0 spiro atoms. The highest BCUT2D eigenvalue weighted by Crippen LogP contribution is 2.33. The molecule has 1 heterocycles. The number of rotatable bonds is 7. The lowest BCUT2D eigenvalue weighted by Gasteiger charge is -2.41. The van der Waals surface area contributed by atoms with Gasteiger partial charge in [0.2, 0.25) is 0 Å². The van der Waals surface area contributed by atoms with Crippen molar-refractivity contribution in [1.29, 1.82) is 0 Å². The third-order valence-corrected chi connectivity index (χ3v) is 6.04. The summed E-state index contributed by atoms with van der Waals surface area (Å²) < 4.78 is 16.4. The Hall–Kier alpha value is -4.00. The molecule has 1 fully saturated rings. The molecule has 2 amide bonds. The monoisotopic (exact) mass is 474 g/mol. The average Bonchev–Trinajstić information content (AvgIpc) is 2.91. The maximum absolute atomic E-state index is 13.2. The van der Waals surface area contributed by atoms with E-state index in [0.29, 0.717) is 13.0 Å². The van der Waals surface area contributed by atoms with Crippen molar-refractivity contribution >= 4 is 12.2 Å². The molecular formula is C28H30N2O5. The molecule has 182 valence electrons. The van der Waals surface area contributed by atoms with Crippen molar-refractivity contribution in [2.75, 3.05) is 13.7 Å². The van der Waals surface area contributed by atoms with E-state index in [2.05, 4.69) is 5.32 Å². The van der Waals surface area contributed by atoms with Crippen molar-refractivity contribution in [3.63, 3.8) is 0 Å². The van der Waals surface area contributed by atoms with Crippen LogP contribution < -0.4 is 10.1 Å². The van der Waals surface area contributed by atoms with Gasteiger partial charge in [-0.05, 0) is 41.7 Å². The molecule has 1 aliphatic heterocycles. The fourth-order valence-electron chi connectivity index (χ4n) is 4.28. The van der Waals surface area contributed by atoms with Gasteiger partial charge in [0.05, 0.1) is 19.2 Å². The summed E-state index contributed by atoms with van der Waals surface area (Å²) in [5, 5.41) is 2.98. The van der Waals surface area contributed by atoms with Gasteiger partial charge in [0.25, 0.3) is 0 Å². The molecule has 0 unspecified atom stereocenters. The van der Waals surface area contributed by atoms with E-state index >= 15 is 0 Å². The summed E-state index contributed by atoms with van der Waals surface area (Å²) in [4.78, 5) is 27.5. The molecule has 0 bridgehead atoms. The lowest BCUT2D eigenvalue weighted by Crippen LogP contribution is -2.52. The van der Waals surface area contributed by atoms with Crippen LogP contribution >= 0.6 is 0 Å². The number of benzene rings is 3. The maximum Gasteiger partial charge on any atom is 0.410 e. The number of piperidine rings is 1. The summed E-state index contributed by atoms with van der Waals surface area (Å²) in [5.41, 5.74) is 2.71. The molecule has 7 nitrogen and oxygen atoms in total. The minimum absolute atomic E-state index is 0.176. The second-order valence-corrected chi connectivity index (χ2v) is 8.41. The third-order valence-electron chi connectivity index (χ3n) is 6.04. The molecule has 3 aromatic carbocycles. The van der Waals surface area contributed by atoms with Gasteiger partial charge >= 0.3 is 12.2 Å². The minimum Gasteiger partial charge on any atom is -0.497 e. The molecule has 1 N–H and O–H groups in total. The van der Waals surface area contributed by atoms with Crippen LogP contribution in [-0.4, -0.2) is 36.8 Å². The third kappa shape index (κ3) is 6.53. The topological polar surface area (TPSA) is 77.1 Å². The van der Waals surface area contributed by atoms with E-state index in [4.69, 9.17) is 14.2 Å². The number of nitrogens with one attached hydrogen (secondary N) is 1. The van der Waals surface area contributed by atoms with E-state index < -0.39 is 18.2 Å². The van der Waals surface area contributed by atoms with Crippen LogP contribution in [-0.2, 0) is 22.7 Å². The SMILES string of the molecule is COc1ccc([C@H]2[C@@H](NC(=O)OCc3ccccc3)CCCN2C(=O)OCc2ccccc2)cc1. The van der Waals surface area contributed by atoms with Gasteiger partial charge in [-0.3, -0.25) is 4.90 Å². The van der Waals surface area contributed by atoms with Gasteiger partial charge in [0.15, 0.2) is 0 Å². The van der Waals surface area contributed by atoms with Crippen molar-refractivity contribution < 1.29 is 23.8 Å². The quantitative estimate of drug-likeness (QED) is 0.492. The lowest BCUT2D eigenvalue weighted by molar-refractivity contribution is 0.0536. The Balaban J connectivity index is 1.48. The molecule has 0 saturated carbocycles. The number of likely N-dealkylation sites (tertiary alicyclic amines) is 1. The standard InChI is InChI=1S/C28H30N2O5/c1-33-24-16-14-23(15-17-24)26-25(29-27(31)34-19-21-9-4-2-5-10-21)13-8-18-30(26)28(32)35-20-22-11-6-3-7-12-22/h2-7,9-12,14-17,25-26H,8,13,18-20H2,1H3,(H,29,31)/t25-,26-/m0/s1. The van der Waals surface area contributed by atoms with Gasteiger partial charge in [0.1, 0.15) is 19.0 Å². The van der Waals surface area contributed by atoms with Gasteiger partial charge in [-0.15, -0.1) is 0 Å². The number of carbonyl (C=O) groups excluding carboxylic acids is 2. The summed E-state index contributed by atoms with van der Waals surface area (Å²) in [6.07, 6.45) is 0.506. The van der Waals surface area contributed by atoms with Crippen LogP contribution in [0.5, 0.6) is 5.75 Å². The zero-order chi connectivity index (χ0) is 24.5. The first-order valence-electron chi connectivity index (χ1n) is 11.7. The second-order valence-electron chi connectivity index (χ2n) is 8.41. The molecule has 1 aliphatic rings. The molecule has 3 aromatic rings. The highest BCUT2D eigenvalue weighted by Gasteiger charge is 2.37. The molecule has 1 saturated heterocycles. The second kappa shape index (κ2) is 11.9. The maximum atomic E-state index is 13.2. The van der Waals surface area contributed by atoms with Gasteiger partial charge in [0, 0.05) is 6.54 Å². The van der Waals surface area contributed by atoms with Crippen LogP contribution in [0.25, 0.3) is 0 Å². The number of nitrogens with zero attached hydrogens (tertiary/aromatic N) is 1. The first-order valence-corrected chi connectivity index (χ1v) is 11.7. The van der Waals surface area contributed by atoms with Crippen molar-refractivity contribution in [3.8, 4) is 5.75 Å². The van der Waals surface area contributed by atoms with Crippen LogP contribution in [0.15, 0.2) is 84.9 Å². The van der Waals surface area contributed by atoms with Crippen LogP contribution in [0.2, 0.25) is 0 Å². The van der Waals surface area contributed by atoms with Crippen molar-refractivity contribution in [2.45, 2.75) is 38.1 Å². The van der Waals surface area contributed by atoms with Crippen LogP contribution in [0.1, 0.15) is 35.6 Å². The number of hydrogen-bond donors (Lipinski definition) is 1. The highest BCUT2D eigenvalue weighted by atomic mass is 16.6. The Kier molecular flexibility index (Phi) is 8.22. The molecule has 0 aliphatic carbocycles. The highest BCUT2D eigenvalue weighted by molar-refractivity contribution is 5.70. The number of hydrogen-bond acceptors (Lipinski definition) is 5. The van der Waals surface area contributed by atoms with E-state index in [1.54, 1.807) is 12.0 Å². The van der Waals surface area contributed by atoms with Gasteiger partial charge in [-0.1, -0.05) is 72.8 Å². The molecule has 0 aromatic heterocycles. The Morgan fingerprint density at radius 1 is 0.857 bits per heavy atom. The summed E-state index contributed by atoms with van der Waals surface area (Å²) in [5.74, 6) is 0.717. The van der Waals surface area contributed by atoms with Gasteiger partial charge in [-0.25, -0.2) is 9.59 Å². The van der Waals surface area contributed by atoms with Crippen LogP contribution in [0, 0.1) is 0 Å².